The largest absolute Gasteiger partial charge is 0.309 e. The van der Waals surface area contributed by atoms with Crippen LogP contribution >= 0.6 is 35.3 Å². The maximum absolute atomic E-state index is 15.6. The molecule has 1 fully saturated rings. The van der Waals surface area contributed by atoms with Crippen molar-refractivity contribution in [3.8, 4) is 11.1 Å². The van der Waals surface area contributed by atoms with Crippen LogP contribution < -0.4 is 10.6 Å². The number of carbonyl (C=O) groups is 1. The minimum atomic E-state index is -0.311. The molecule has 1 aliphatic rings. The molecule has 0 spiro atoms. The third-order valence-corrected chi connectivity index (χ3v) is 6.37. The number of rotatable bonds is 5. The average Bonchev–Trinajstić information content (AvgIpc) is 3.16. The number of fused-ring (bicyclic) bond motifs is 1. The molecule has 3 heterocycles. The summed E-state index contributed by atoms with van der Waals surface area (Å²) in [6.07, 6.45) is 2.87. The first-order chi connectivity index (χ1) is 15.1. The normalized spacial score (nSPS) is 15.1. The number of aromatic nitrogens is 2. The van der Waals surface area contributed by atoms with Crippen molar-refractivity contribution in [2.24, 2.45) is 0 Å². The summed E-state index contributed by atoms with van der Waals surface area (Å²) in [7, 11) is 0. The molecule has 0 radical (unpaired) electrons. The number of hydrogen-bond donors (Lipinski definition) is 2. The van der Waals surface area contributed by atoms with E-state index in [0.717, 1.165) is 23.2 Å². The molecule has 5 rings (SSSR count). The lowest BCUT2D eigenvalue weighted by atomic mass is 9.97. The molecule has 5 nitrogen and oxygen atoms in total. The summed E-state index contributed by atoms with van der Waals surface area (Å²) < 4.78 is 16.5. The third kappa shape index (κ3) is 4.47. The first kappa shape index (κ1) is 22.6. The van der Waals surface area contributed by atoms with E-state index in [-0.39, 0.29) is 30.2 Å². The van der Waals surface area contributed by atoms with Gasteiger partial charge in [0.1, 0.15) is 11.6 Å². The number of halogens is 3. The Morgan fingerprint density at radius 2 is 2.09 bits per heavy atom. The molecule has 0 bridgehead atoms. The summed E-state index contributed by atoms with van der Waals surface area (Å²) in [6, 6.07) is 12.4. The summed E-state index contributed by atoms with van der Waals surface area (Å²) in [6.45, 7) is 0.858. The highest BCUT2D eigenvalue weighted by Gasteiger charge is 2.24. The molecule has 2 N–H and O–H groups in total. The Morgan fingerprint density at radius 3 is 2.78 bits per heavy atom. The molecule has 0 unspecified atom stereocenters. The quantitative estimate of drug-likeness (QED) is 0.391. The van der Waals surface area contributed by atoms with Crippen molar-refractivity contribution >= 4 is 57.3 Å². The lowest BCUT2D eigenvalue weighted by Gasteiger charge is -2.25. The van der Waals surface area contributed by atoms with Gasteiger partial charge in [0.15, 0.2) is 0 Å². The van der Waals surface area contributed by atoms with Gasteiger partial charge in [-0.15, -0.1) is 23.7 Å². The summed E-state index contributed by atoms with van der Waals surface area (Å²) in [4.78, 5) is 20.7. The van der Waals surface area contributed by atoms with Gasteiger partial charge in [0, 0.05) is 23.2 Å². The van der Waals surface area contributed by atoms with Crippen LogP contribution in [0.4, 0.5) is 10.2 Å². The van der Waals surface area contributed by atoms with Gasteiger partial charge in [0.05, 0.1) is 21.8 Å². The number of carbonyl (C=O) groups excluding carboxylic acids is 1. The van der Waals surface area contributed by atoms with E-state index in [4.69, 9.17) is 11.6 Å². The summed E-state index contributed by atoms with van der Waals surface area (Å²) in [5, 5.41) is 6.40. The molecule has 1 aliphatic heterocycles. The number of hydrogen-bond acceptors (Lipinski definition) is 5. The molecular weight excluding hydrogens is 470 g/mol. The molecular formula is C23H19Cl2FN4OS. The van der Waals surface area contributed by atoms with Crippen molar-refractivity contribution in [3.63, 3.8) is 0 Å². The minimum Gasteiger partial charge on any atom is -0.309 e. The van der Waals surface area contributed by atoms with E-state index in [1.54, 1.807) is 36.0 Å². The molecule has 1 atom stereocenters. The second kappa shape index (κ2) is 9.50. The van der Waals surface area contributed by atoms with Crippen molar-refractivity contribution in [1.82, 2.24) is 15.3 Å². The predicted octanol–water partition coefficient (Wildman–Crippen LogP) is 5.46. The number of nitrogens with one attached hydrogen (secondary N) is 2. The van der Waals surface area contributed by atoms with E-state index >= 15 is 4.39 Å². The highest BCUT2D eigenvalue weighted by atomic mass is 35.5. The van der Waals surface area contributed by atoms with Gasteiger partial charge in [-0.3, -0.25) is 4.79 Å². The van der Waals surface area contributed by atoms with E-state index in [0.29, 0.717) is 39.5 Å². The molecule has 32 heavy (non-hydrogen) atoms. The van der Waals surface area contributed by atoms with Gasteiger partial charge in [-0.05, 0) is 53.9 Å². The SMILES string of the molecule is Cl.O=C(Nc1ccc(Cc2cc3scnc3c(-c3cccc(Cl)c3)c2F)cn1)[C@@H]1CCN1. The lowest BCUT2D eigenvalue weighted by molar-refractivity contribution is -0.119. The van der Waals surface area contributed by atoms with Crippen LogP contribution in [0.1, 0.15) is 17.5 Å². The minimum absolute atomic E-state index is 0. The van der Waals surface area contributed by atoms with Gasteiger partial charge < -0.3 is 10.6 Å². The fourth-order valence-corrected chi connectivity index (χ4v) is 4.55. The molecule has 9 heteroatoms. The van der Waals surface area contributed by atoms with Crippen LogP contribution in [-0.2, 0) is 11.2 Å². The number of thiazole rings is 1. The molecule has 2 aromatic carbocycles. The van der Waals surface area contributed by atoms with Crippen LogP contribution in [0.5, 0.6) is 0 Å². The molecule has 1 saturated heterocycles. The van der Waals surface area contributed by atoms with Gasteiger partial charge in [-0.2, -0.15) is 0 Å². The number of nitrogens with zero attached hydrogens (tertiary/aromatic N) is 2. The van der Waals surface area contributed by atoms with Crippen LogP contribution in [-0.4, -0.2) is 28.5 Å². The summed E-state index contributed by atoms with van der Waals surface area (Å²) in [5.41, 5.74) is 4.92. The molecule has 1 amide bonds. The van der Waals surface area contributed by atoms with Crippen molar-refractivity contribution in [2.75, 3.05) is 11.9 Å². The zero-order chi connectivity index (χ0) is 21.4. The van der Waals surface area contributed by atoms with Crippen molar-refractivity contribution in [1.29, 1.82) is 0 Å². The van der Waals surface area contributed by atoms with Gasteiger partial charge in [-0.1, -0.05) is 29.8 Å². The predicted molar refractivity (Wildman–Crippen MR) is 129 cm³/mol. The lowest BCUT2D eigenvalue weighted by Crippen LogP contribution is -2.50. The van der Waals surface area contributed by atoms with E-state index in [2.05, 4.69) is 20.6 Å². The second-order valence-corrected chi connectivity index (χ2v) is 8.77. The Bertz CT molecular complexity index is 1270. The van der Waals surface area contributed by atoms with Crippen LogP contribution in [0.3, 0.4) is 0 Å². The van der Waals surface area contributed by atoms with E-state index in [1.807, 2.05) is 18.2 Å². The smallest absolute Gasteiger partial charge is 0.242 e. The number of anilines is 1. The van der Waals surface area contributed by atoms with Gasteiger partial charge in [-0.25, -0.2) is 14.4 Å². The second-order valence-electron chi connectivity index (χ2n) is 7.45. The molecule has 0 saturated carbocycles. The fourth-order valence-electron chi connectivity index (χ4n) is 3.62. The van der Waals surface area contributed by atoms with Gasteiger partial charge in [0.2, 0.25) is 5.91 Å². The number of benzene rings is 2. The average molecular weight is 489 g/mol. The Kier molecular flexibility index (Phi) is 6.71. The van der Waals surface area contributed by atoms with E-state index in [1.165, 1.54) is 11.3 Å². The Morgan fingerprint density at radius 1 is 1.25 bits per heavy atom. The van der Waals surface area contributed by atoms with E-state index in [9.17, 15) is 4.79 Å². The van der Waals surface area contributed by atoms with Crippen LogP contribution in [0.25, 0.3) is 21.3 Å². The Hall–Kier alpha value is -2.58. The maximum atomic E-state index is 15.6. The molecule has 0 aliphatic carbocycles. The first-order valence-corrected chi connectivity index (χ1v) is 11.1. The van der Waals surface area contributed by atoms with Crippen molar-refractivity contribution < 1.29 is 9.18 Å². The Balaban J connectivity index is 0.00000245. The van der Waals surface area contributed by atoms with Gasteiger partial charge >= 0.3 is 0 Å². The monoisotopic (exact) mass is 488 g/mol. The number of amides is 1. The standard InChI is InChI=1S/C23H18ClFN4OS.ClH/c24-16-3-1-2-14(9-16)20-21(25)15(10-18-22(20)28-12-31-18)8-13-4-5-19(27-11-13)29-23(30)17-6-7-26-17;/h1-5,9-12,17,26H,6-8H2,(H,27,29,30);1H/t17-;/m0./s1. The maximum Gasteiger partial charge on any atom is 0.242 e. The fraction of sp³-hybridized carbons (Fsp3) is 0.174. The van der Waals surface area contributed by atoms with Crippen LogP contribution in [0.15, 0.2) is 54.2 Å². The highest BCUT2D eigenvalue weighted by molar-refractivity contribution is 7.16. The molecule has 4 aromatic rings. The first-order valence-electron chi connectivity index (χ1n) is 9.88. The van der Waals surface area contributed by atoms with Gasteiger partial charge in [0.25, 0.3) is 0 Å². The molecule has 164 valence electrons. The van der Waals surface area contributed by atoms with Crippen molar-refractivity contribution in [3.05, 3.63) is 76.1 Å². The third-order valence-electron chi connectivity index (χ3n) is 5.36. The zero-order valence-corrected chi connectivity index (χ0v) is 19.2. The topological polar surface area (TPSA) is 66.9 Å². The Labute approximate surface area is 199 Å². The summed E-state index contributed by atoms with van der Waals surface area (Å²) in [5.74, 6) is 0.0916. The van der Waals surface area contributed by atoms with Crippen LogP contribution in [0.2, 0.25) is 5.02 Å². The highest BCUT2D eigenvalue weighted by Crippen LogP contribution is 2.36. The zero-order valence-electron chi connectivity index (χ0n) is 16.8. The van der Waals surface area contributed by atoms with E-state index < -0.39 is 0 Å². The molecule has 2 aromatic heterocycles. The number of pyridine rings is 1. The summed E-state index contributed by atoms with van der Waals surface area (Å²) >= 11 is 7.62. The van der Waals surface area contributed by atoms with Crippen molar-refractivity contribution in [2.45, 2.75) is 18.9 Å². The van der Waals surface area contributed by atoms with Crippen LogP contribution in [0, 0.1) is 5.82 Å².